The normalized spacial score (nSPS) is 10.6. The molecule has 0 saturated carbocycles. The highest BCUT2D eigenvalue weighted by atomic mass is 32.2. The average molecular weight is 440 g/mol. The van der Waals surface area contributed by atoms with Crippen LogP contribution in [0.4, 0.5) is 5.69 Å². The first kappa shape index (κ1) is 22.4. The van der Waals surface area contributed by atoms with Crippen LogP contribution in [0.1, 0.15) is 11.1 Å². The van der Waals surface area contributed by atoms with Crippen molar-refractivity contribution in [2.75, 3.05) is 31.8 Å². The molecule has 0 atom stereocenters. The third-order valence-electron chi connectivity index (χ3n) is 4.61. The number of ether oxygens (including phenoxy) is 1. The zero-order valence-electron chi connectivity index (χ0n) is 18.0. The molecule has 0 spiro atoms. The van der Waals surface area contributed by atoms with Crippen LogP contribution in [0.3, 0.4) is 0 Å². The van der Waals surface area contributed by atoms with Gasteiger partial charge in [-0.15, -0.1) is 10.2 Å². The average Bonchev–Trinajstić information content (AvgIpc) is 3.20. The van der Waals surface area contributed by atoms with Gasteiger partial charge in [-0.2, -0.15) is 0 Å². The molecule has 1 aromatic heterocycles. The van der Waals surface area contributed by atoms with E-state index < -0.39 is 0 Å². The Hall–Kier alpha value is -3.33. The van der Waals surface area contributed by atoms with E-state index in [4.69, 9.17) is 4.74 Å². The number of nitrogens with zero attached hydrogens (tertiary/aromatic N) is 4. The van der Waals surface area contributed by atoms with Crippen molar-refractivity contribution >= 4 is 29.3 Å². The summed E-state index contributed by atoms with van der Waals surface area (Å²) in [6.45, 7) is 4.01. The summed E-state index contributed by atoms with van der Waals surface area (Å²) in [5.41, 5.74) is 3.85. The molecule has 0 aliphatic heterocycles. The third-order valence-corrected chi connectivity index (χ3v) is 5.54. The number of rotatable bonds is 8. The molecule has 162 valence electrons. The lowest BCUT2D eigenvalue weighted by molar-refractivity contribution is -0.131. The number of anilines is 1. The maximum atomic E-state index is 12.5. The lowest BCUT2D eigenvalue weighted by Gasteiger charge is -2.17. The zero-order chi connectivity index (χ0) is 22.4. The SMILES string of the molecule is COc1cccc(NC(=O)CN(C)C(=O)CSc2nncn2-c2ccc(C)cc2C)c1. The number of nitrogens with one attached hydrogen (secondary N) is 1. The summed E-state index contributed by atoms with van der Waals surface area (Å²) in [5, 5.41) is 11.5. The highest BCUT2D eigenvalue weighted by Crippen LogP contribution is 2.23. The van der Waals surface area contributed by atoms with Gasteiger partial charge in [0.25, 0.3) is 0 Å². The van der Waals surface area contributed by atoms with E-state index in [-0.39, 0.29) is 24.1 Å². The van der Waals surface area contributed by atoms with Crippen molar-refractivity contribution in [3.63, 3.8) is 0 Å². The fraction of sp³-hybridized carbons (Fsp3) is 0.273. The van der Waals surface area contributed by atoms with Crippen LogP contribution < -0.4 is 10.1 Å². The number of hydrogen-bond donors (Lipinski definition) is 1. The third kappa shape index (κ3) is 5.85. The highest BCUT2D eigenvalue weighted by Gasteiger charge is 2.16. The van der Waals surface area contributed by atoms with E-state index in [1.807, 2.05) is 30.5 Å². The minimum absolute atomic E-state index is 0.0552. The maximum absolute atomic E-state index is 12.5. The summed E-state index contributed by atoms with van der Waals surface area (Å²) in [6.07, 6.45) is 1.63. The molecule has 0 saturated heterocycles. The molecule has 0 aliphatic rings. The molecule has 0 radical (unpaired) electrons. The molecule has 0 bridgehead atoms. The molecular formula is C22H25N5O3S. The summed E-state index contributed by atoms with van der Waals surface area (Å²) in [7, 11) is 3.16. The van der Waals surface area contributed by atoms with E-state index in [0.717, 1.165) is 11.3 Å². The topological polar surface area (TPSA) is 89.3 Å². The second-order valence-electron chi connectivity index (χ2n) is 7.09. The largest absolute Gasteiger partial charge is 0.497 e. The predicted molar refractivity (Wildman–Crippen MR) is 121 cm³/mol. The van der Waals surface area contributed by atoms with Crippen molar-refractivity contribution in [2.45, 2.75) is 19.0 Å². The van der Waals surface area contributed by atoms with Crippen LogP contribution in [0.25, 0.3) is 5.69 Å². The maximum Gasteiger partial charge on any atom is 0.243 e. The van der Waals surface area contributed by atoms with E-state index >= 15 is 0 Å². The molecule has 8 nitrogen and oxygen atoms in total. The van der Waals surface area contributed by atoms with Gasteiger partial charge in [-0.25, -0.2) is 0 Å². The van der Waals surface area contributed by atoms with E-state index in [2.05, 4.69) is 21.6 Å². The van der Waals surface area contributed by atoms with Gasteiger partial charge in [0, 0.05) is 18.8 Å². The van der Waals surface area contributed by atoms with E-state index in [0.29, 0.717) is 16.6 Å². The molecule has 9 heteroatoms. The highest BCUT2D eigenvalue weighted by molar-refractivity contribution is 7.99. The van der Waals surface area contributed by atoms with Gasteiger partial charge in [0.05, 0.1) is 25.1 Å². The summed E-state index contributed by atoms with van der Waals surface area (Å²) in [5.74, 6) is 0.326. The van der Waals surface area contributed by atoms with Gasteiger partial charge in [-0.1, -0.05) is 35.5 Å². The van der Waals surface area contributed by atoms with Gasteiger partial charge in [0.15, 0.2) is 5.16 Å². The monoisotopic (exact) mass is 439 g/mol. The Bertz CT molecular complexity index is 1080. The van der Waals surface area contributed by atoms with E-state index in [9.17, 15) is 9.59 Å². The standard InChI is InChI=1S/C22H25N5O3S/c1-15-8-9-19(16(2)10-15)27-14-23-25-22(27)31-13-21(29)26(3)12-20(28)24-17-6-5-7-18(11-17)30-4/h5-11,14H,12-13H2,1-4H3,(H,24,28). The number of thioether (sulfide) groups is 1. The molecule has 31 heavy (non-hydrogen) atoms. The Morgan fingerprint density at radius 1 is 1.19 bits per heavy atom. The molecule has 3 aromatic rings. The number of carbonyl (C=O) groups excluding carboxylic acids is 2. The van der Waals surface area contributed by atoms with Crippen LogP contribution >= 0.6 is 11.8 Å². The van der Waals surface area contributed by atoms with Gasteiger partial charge >= 0.3 is 0 Å². The number of hydrogen-bond acceptors (Lipinski definition) is 6. The molecule has 1 heterocycles. The predicted octanol–water partition coefficient (Wildman–Crippen LogP) is 3.08. The van der Waals surface area contributed by atoms with Gasteiger partial charge in [0.1, 0.15) is 12.1 Å². The van der Waals surface area contributed by atoms with Crippen LogP contribution in [0.15, 0.2) is 53.9 Å². The van der Waals surface area contributed by atoms with Crippen LogP contribution in [-0.4, -0.2) is 57.9 Å². The Morgan fingerprint density at radius 2 is 2.00 bits per heavy atom. The van der Waals surface area contributed by atoms with E-state index in [1.54, 1.807) is 44.8 Å². The van der Waals surface area contributed by atoms with Crippen LogP contribution in [0.2, 0.25) is 0 Å². The number of carbonyl (C=O) groups is 2. The van der Waals surface area contributed by atoms with Gasteiger partial charge in [0.2, 0.25) is 11.8 Å². The lowest BCUT2D eigenvalue weighted by Crippen LogP contribution is -2.36. The number of methoxy groups -OCH3 is 1. The molecule has 2 aromatic carbocycles. The molecule has 3 rings (SSSR count). The Morgan fingerprint density at radius 3 is 2.74 bits per heavy atom. The fourth-order valence-electron chi connectivity index (χ4n) is 3.01. The summed E-state index contributed by atoms with van der Waals surface area (Å²) in [4.78, 5) is 26.2. The first-order valence-corrected chi connectivity index (χ1v) is 10.6. The number of likely N-dealkylation sites (N-methyl/N-ethyl adjacent to an activating group) is 1. The van der Waals surface area contributed by atoms with Gasteiger partial charge in [-0.3, -0.25) is 14.2 Å². The number of aryl methyl sites for hydroxylation is 2. The molecule has 2 amide bonds. The summed E-state index contributed by atoms with van der Waals surface area (Å²) < 4.78 is 7.01. The van der Waals surface area contributed by atoms with Crippen molar-refractivity contribution < 1.29 is 14.3 Å². The van der Waals surface area contributed by atoms with Gasteiger partial charge in [-0.05, 0) is 37.6 Å². The molecule has 0 unspecified atom stereocenters. The lowest BCUT2D eigenvalue weighted by atomic mass is 10.1. The fourth-order valence-corrected chi connectivity index (χ4v) is 3.87. The van der Waals surface area contributed by atoms with Crippen molar-refractivity contribution in [1.82, 2.24) is 19.7 Å². The smallest absolute Gasteiger partial charge is 0.243 e. The van der Waals surface area contributed by atoms with Crippen LogP contribution in [0, 0.1) is 13.8 Å². The zero-order valence-corrected chi connectivity index (χ0v) is 18.8. The van der Waals surface area contributed by atoms with Crippen molar-refractivity contribution in [3.8, 4) is 11.4 Å². The van der Waals surface area contributed by atoms with Crippen LogP contribution in [0.5, 0.6) is 5.75 Å². The Balaban J connectivity index is 1.56. The molecule has 0 fully saturated rings. The van der Waals surface area contributed by atoms with Crippen molar-refractivity contribution in [1.29, 1.82) is 0 Å². The Labute approximate surface area is 185 Å². The Kier molecular flexibility index (Phi) is 7.30. The molecule has 0 aliphatic carbocycles. The quantitative estimate of drug-likeness (QED) is 0.543. The minimum atomic E-state index is -0.285. The van der Waals surface area contributed by atoms with Crippen LogP contribution in [-0.2, 0) is 9.59 Å². The second kappa shape index (κ2) is 10.1. The van der Waals surface area contributed by atoms with E-state index in [1.165, 1.54) is 22.2 Å². The van der Waals surface area contributed by atoms with Crippen molar-refractivity contribution in [2.24, 2.45) is 0 Å². The number of benzene rings is 2. The molecular weight excluding hydrogens is 414 g/mol. The number of aromatic nitrogens is 3. The van der Waals surface area contributed by atoms with Gasteiger partial charge < -0.3 is 15.0 Å². The second-order valence-corrected chi connectivity index (χ2v) is 8.03. The molecule has 1 N–H and O–H groups in total. The number of amides is 2. The first-order valence-electron chi connectivity index (χ1n) is 9.65. The minimum Gasteiger partial charge on any atom is -0.497 e. The first-order chi connectivity index (χ1) is 14.9. The van der Waals surface area contributed by atoms with Crippen molar-refractivity contribution in [3.05, 3.63) is 59.9 Å². The summed E-state index contributed by atoms with van der Waals surface area (Å²) >= 11 is 1.28. The summed E-state index contributed by atoms with van der Waals surface area (Å²) in [6, 6.07) is 13.2.